The van der Waals surface area contributed by atoms with E-state index in [1.54, 1.807) is 18.2 Å². The molecular weight excluding hydrogens is 220 g/mol. The summed E-state index contributed by atoms with van der Waals surface area (Å²) in [5.41, 5.74) is 2.61. The van der Waals surface area contributed by atoms with E-state index in [4.69, 9.17) is 26.9 Å². The number of carbonyl (C=O) groups is 1. The van der Waals surface area contributed by atoms with E-state index in [-0.39, 0.29) is 6.61 Å². The molecule has 82 valence electrons. The first-order chi connectivity index (χ1) is 7.17. The van der Waals surface area contributed by atoms with Crippen molar-refractivity contribution in [2.45, 2.75) is 6.61 Å². The monoisotopic (exact) mass is 230 g/mol. The number of methoxy groups -OCH3 is 1. The van der Waals surface area contributed by atoms with Crippen LogP contribution in [-0.4, -0.2) is 13.2 Å². The van der Waals surface area contributed by atoms with Gasteiger partial charge >= 0.3 is 6.09 Å². The normalized spacial score (nSPS) is 9.53. The van der Waals surface area contributed by atoms with Gasteiger partial charge in [0.25, 0.3) is 0 Å². The van der Waals surface area contributed by atoms with E-state index < -0.39 is 6.09 Å². The first-order valence-corrected chi connectivity index (χ1v) is 4.51. The van der Waals surface area contributed by atoms with Crippen molar-refractivity contribution in [2.24, 2.45) is 5.84 Å². The Morgan fingerprint density at radius 3 is 2.87 bits per heavy atom. The van der Waals surface area contributed by atoms with Crippen molar-refractivity contribution in [1.82, 2.24) is 5.43 Å². The number of ether oxygens (including phenoxy) is 2. The molecule has 0 radical (unpaired) electrons. The number of nitrogens with one attached hydrogen (secondary N) is 1. The van der Waals surface area contributed by atoms with Gasteiger partial charge in [0.15, 0.2) is 0 Å². The van der Waals surface area contributed by atoms with Crippen molar-refractivity contribution in [3.63, 3.8) is 0 Å². The van der Waals surface area contributed by atoms with Crippen LogP contribution >= 0.6 is 11.6 Å². The third kappa shape index (κ3) is 3.30. The minimum Gasteiger partial charge on any atom is -0.495 e. The van der Waals surface area contributed by atoms with Gasteiger partial charge in [0.2, 0.25) is 0 Å². The Bertz CT molecular complexity index is 357. The first kappa shape index (κ1) is 11.6. The number of nitrogens with two attached hydrogens (primary N) is 1. The van der Waals surface area contributed by atoms with E-state index in [9.17, 15) is 4.79 Å². The molecule has 15 heavy (non-hydrogen) atoms. The second-order valence-electron chi connectivity index (χ2n) is 2.69. The molecule has 0 saturated carbocycles. The van der Waals surface area contributed by atoms with Crippen LogP contribution in [0.25, 0.3) is 0 Å². The lowest BCUT2D eigenvalue weighted by Gasteiger charge is -2.06. The summed E-state index contributed by atoms with van der Waals surface area (Å²) >= 11 is 5.87. The van der Waals surface area contributed by atoms with E-state index >= 15 is 0 Å². The molecule has 0 aliphatic heterocycles. The molecular formula is C9H11ClN2O3. The Kier molecular flexibility index (Phi) is 4.20. The fourth-order valence-corrected chi connectivity index (χ4v) is 1.27. The molecule has 0 unspecified atom stereocenters. The number of hydrogen-bond donors (Lipinski definition) is 2. The zero-order chi connectivity index (χ0) is 11.3. The largest absolute Gasteiger partial charge is 0.495 e. The van der Waals surface area contributed by atoms with Crippen LogP contribution in [0.15, 0.2) is 18.2 Å². The molecule has 0 aliphatic rings. The van der Waals surface area contributed by atoms with E-state index in [1.807, 2.05) is 5.43 Å². The van der Waals surface area contributed by atoms with Gasteiger partial charge in [0, 0.05) is 0 Å². The summed E-state index contributed by atoms with van der Waals surface area (Å²) in [5, 5.41) is 0.465. The minimum absolute atomic E-state index is 0.104. The van der Waals surface area contributed by atoms with Gasteiger partial charge in [0.1, 0.15) is 12.4 Å². The summed E-state index contributed by atoms with van der Waals surface area (Å²) in [6, 6.07) is 5.10. The smallest absolute Gasteiger partial charge is 0.421 e. The molecule has 6 heteroatoms. The zero-order valence-electron chi connectivity index (χ0n) is 8.12. The Morgan fingerprint density at radius 2 is 2.33 bits per heavy atom. The molecule has 0 spiro atoms. The number of hydrazine groups is 1. The van der Waals surface area contributed by atoms with Crippen molar-refractivity contribution in [2.75, 3.05) is 7.11 Å². The lowest BCUT2D eigenvalue weighted by molar-refractivity contribution is 0.140. The predicted octanol–water partition coefficient (Wildman–Crippen LogP) is 1.45. The van der Waals surface area contributed by atoms with Crippen LogP contribution in [0, 0.1) is 0 Å². The Hall–Kier alpha value is -1.46. The summed E-state index contributed by atoms with van der Waals surface area (Å²) in [6.45, 7) is 0.104. The zero-order valence-corrected chi connectivity index (χ0v) is 8.88. The van der Waals surface area contributed by atoms with Crippen molar-refractivity contribution in [3.05, 3.63) is 28.8 Å². The van der Waals surface area contributed by atoms with Gasteiger partial charge in [0.05, 0.1) is 12.1 Å². The standard InChI is InChI=1S/C9H11ClN2O3/c1-14-8-3-2-6(4-7(8)10)5-15-9(13)12-11/h2-4H,5,11H2,1H3,(H,12,13). The molecule has 0 aromatic heterocycles. The molecule has 0 bridgehead atoms. The molecule has 0 aliphatic carbocycles. The molecule has 0 saturated heterocycles. The van der Waals surface area contributed by atoms with Crippen LogP contribution in [0.3, 0.4) is 0 Å². The lowest BCUT2D eigenvalue weighted by atomic mass is 10.2. The first-order valence-electron chi connectivity index (χ1n) is 4.13. The van der Waals surface area contributed by atoms with E-state index in [1.165, 1.54) is 7.11 Å². The van der Waals surface area contributed by atoms with Gasteiger partial charge in [-0.15, -0.1) is 0 Å². The van der Waals surface area contributed by atoms with Gasteiger partial charge in [-0.3, -0.25) is 5.43 Å². The molecule has 1 aromatic rings. The highest BCUT2D eigenvalue weighted by atomic mass is 35.5. The van der Waals surface area contributed by atoms with E-state index in [0.717, 1.165) is 5.56 Å². The summed E-state index contributed by atoms with van der Waals surface area (Å²) < 4.78 is 9.71. The van der Waals surface area contributed by atoms with Crippen LogP contribution in [0.2, 0.25) is 5.02 Å². The maximum Gasteiger partial charge on any atom is 0.421 e. The fraction of sp³-hybridized carbons (Fsp3) is 0.222. The summed E-state index contributed by atoms with van der Waals surface area (Å²) in [5.74, 6) is 5.41. The quantitative estimate of drug-likeness (QED) is 0.468. The number of carbonyl (C=O) groups excluding carboxylic acids is 1. The third-order valence-electron chi connectivity index (χ3n) is 1.70. The molecule has 3 N–H and O–H groups in total. The third-order valence-corrected chi connectivity index (χ3v) is 2.00. The highest BCUT2D eigenvalue weighted by Crippen LogP contribution is 2.25. The van der Waals surface area contributed by atoms with Crippen molar-refractivity contribution in [1.29, 1.82) is 0 Å². The van der Waals surface area contributed by atoms with E-state index in [2.05, 4.69) is 0 Å². The average Bonchev–Trinajstić information content (AvgIpc) is 2.26. The Labute approximate surface area is 92.1 Å². The lowest BCUT2D eigenvalue weighted by Crippen LogP contribution is -2.30. The Balaban J connectivity index is 2.63. The van der Waals surface area contributed by atoms with Crippen LogP contribution in [0.1, 0.15) is 5.56 Å². The molecule has 1 aromatic carbocycles. The van der Waals surface area contributed by atoms with Gasteiger partial charge in [-0.1, -0.05) is 17.7 Å². The van der Waals surface area contributed by atoms with Crippen LogP contribution < -0.4 is 16.0 Å². The molecule has 1 rings (SSSR count). The average molecular weight is 231 g/mol. The summed E-state index contributed by atoms with van der Waals surface area (Å²) in [7, 11) is 1.53. The fourth-order valence-electron chi connectivity index (χ4n) is 0.990. The molecule has 0 fully saturated rings. The molecule has 0 atom stereocenters. The van der Waals surface area contributed by atoms with Gasteiger partial charge in [-0.05, 0) is 17.7 Å². The maximum atomic E-state index is 10.7. The van der Waals surface area contributed by atoms with Crippen LogP contribution in [0.4, 0.5) is 4.79 Å². The molecule has 0 heterocycles. The highest BCUT2D eigenvalue weighted by molar-refractivity contribution is 6.32. The minimum atomic E-state index is -0.693. The second-order valence-corrected chi connectivity index (χ2v) is 3.10. The van der Waals surface area contributed by atoms with E-state index in [0.29, 0.717) is 10.8 Å². The van der Waals surface area contributed by atoms with Crippen LogP contribution in [0.5, 0.6) is 5.75 Å². The van der Waals surface area contributed by atoms with Crippen molar-refractivity contribution >= 4 is 17.7 Å². The number of hydrogen-bond acceptors (Lipinski definition) is 4. The highest BCUT2D eigenvalue weighted by Gasteiger charge is 2.04. The summed E-state index contributed by atoms with van der Waals surface area (Å²) in [4.78, 5) is 10.7. The van der Waals surface area contributed by atoms with Gasteiger partial charge in [-0.2, -0.15) is 0 Å². The van der Waals surface area contributed by atoms with Crippen molar-refractivity contribution in [3.8, 4) is 5.75 Å². The number of benzene rings is 1. The van der Waals surface area contributed by atoms with Crippen LogP contribution in [-0.2, 0) is 11.3 Å². The second kappa shape index (κ2) is 5.43. The maximum absolute atomic E-state index is 10.7. The summed E-state index contributed by atoms with van der Waals surface area (Å²) in [6.07, 6.45) is -0.693. The van der Waals surface area contributed by atoms with Gasteiger partial charge < -0.3 is 9.47 Å². The van der Waals surface area contributed by atoms with Crippen molar-refractivity contribution < 1.29 is 14.3 Å². The topological polar surface area (TPSA) is 73.6 Å². The number of halogens is 1. The number of amides is 1. The predicted molar refractivity (Wildman–Crippen MR) is 55.5 cm³/mol. The Morgan fingerprint density at radius 1 is 1.60 bits per heavy atom. The van der Waals surface area contributed by atoms with Gasteiger partial charge in [-0.25, -0.2) is 10.6 Å². The molecule has 1 amide bonds. The number of rotatable bonds is 3. The SMILES string of the molecule is COc1ccc(COC(=O)NN)cc1Cl. The molecule has 5 nitrogen and oxygen atoms in total.